The van der Waals surface area contributed by atoms with Crippen molar-refractivity contribution in [3.05, 3.63) is 28.8 Å². The molecule has 27 heavy (non-hydrogen) atoms. The van der Waals surface area contributed by atoms with Gasteiger partial charge in [0.05, 0.1) is 10.6 Å². The number of hydrogen-bond acceptors (Lipinski definition) is 3. The summed E-state index contributed by atoms with van der Waals surface area (Å²) in [5.74, 6) is -3.74. The zero-order valence-electron chi connectivity index (χ0n) is 15.0. The number of amides is 1. The van der Waals surface area contributed by atoms with Crippen molar-refractivity contribution in [2.45, 2.75) is 39.8 Å². The number of carbonyl (C=O) groups excluding carboxylic acids is 3. The zero-order chi connectivity index (χ0) is 20.4. The number of fused-ring (bicyclic) bond motifs is 2. The molecule has 146 valence electrons. The number of ketones is 2. The van der Waals surface area contributed by atoms with Crippen molar-refractivity contribution in [3.63, 3.8) is 0 Å². The number of carbonyl (C=O) groups is 3. The molecule has 2 bridgehead atoms. The van der Waals surface area contributed by atoms with Gasteiger partial charge in [0.25, 0.3) is 0 Å². The van der Waals surface area contributed by atoms with Crippen LogP contribution in [0.4, 0.5) is 18.9 Å². The van der Waals surface area contributed by atoms with E-state index in [4.69, 9.17) is 11.6 Å². The molecule has 3 rings (SSSR count). The second kappa shape index (κ2) is 6.06. The van der Waals surface area contributed by atoms with Gasteiger partial charge in [-0.05, 0) is 36.5 Å². The van der Waals surface area contributed by atoms with Gasteiger partial charge < -0.3 is 5.32 Å². The van der Waals surface area contributed by atoms with E-state index in [9.17, 15) is 27.6 Å². The molecule has 0 saturated heterocycles. The van der Waals surface area contributed by atoms with Crippen molar-refractivity contribution >= 4 is 34.8 Å². The molecule has 0 aromatic heterocycles. The number of alkyl halides is 3. The molecule has 3 atom stereocenters. The van der Waals surface area contributed by atoms with Gasteiger partial charge >= 0.3 is 6.18 Å². The molecule has 0 heterocycles. The van der Waals surface area contributed by atoms with Crippen molar-refractivity contribution < 1.29 is 27.6 Å². The lowest BCUT2D eigenvalue weighted by Crippen LogP contribution is -2.56. The third kappa shape index (κ3) is 2.87. The molecule has 8 heteroatoms. The molecule has 0 aliphatic heterocycles. The topological polar surface area (TPSA) is 63.2 Å². The summed E-state index contributed by atoms with van der Waals surface area (Å²) in [6, 6.07) is 2.91. The summed E-state index contributed by atoms with van der Waals surface area (Å²) in [6.45, 7) is 5.46. The van der Waals surface area contributed by atoms with Crippen LogP contribution < -0.4 is 5.32 Å². The molecule has 4 nitrogen and oxygen atoms in total. The van der Waals surface area contributed by atoms with Crippen molar-refractivity contribution in [3.8, 4) is 0 Å². The fraction of sp³-hybridized carbons (Fsp3) is 0.526. The summed E-state index contributed by atoms with van der Waals surface area (Å²) >= 11 is 5.57. The van der Waals surface area contributed by atoms with Gasteiger partial charge in [-0.3, -0.25) is 14.4 Å². The lowest BCUT2D eigenvalue weighted by molar-refractivity contribution is -0.156. The summed E-state index contributed by atoms with van der Waals surface area (Å²) in [5, 5.41) is 1.78. The standard InChI is InChI=1S/C19H19ClF3NO3/c1-17(2)10-6-7-18(17,3)15(26)13(14(10)25)16(27)24-9-4-5-12(20)11(8-9)19(21,22)23/h4-5,8,10,13H,6-7H2,1-3H3,(H,24,27)/t10?,13?,18-/m0/s1. The number of anilines is 1. The Balaban J connectivity index is 1.90. The molecule has 2 fully saturated rings. The first kappa shape index (κ1) is 19.9. The van der Waals surface area contributed by atoms with Gasteiger partial charge in [0, 0.05) is 17.0 Å². The van der Waals surface area contributed by atoms with Crippen LogP contribution in [0.2, 0.25) is 5.02 Å². The van der Waals surface area contributed by atoms with Gasteiger partial charge in [-0.15, -0.1) is 0 Å². The van der Waals surface area contributed by atoms with Crippen LogP contribution >= 0.6 is 11.6 Å². The molecule has 1 N–H and O–H groups in total. The Bertz CT molecular complexity index is 849. The molecule has 2 saturated carbocycles. The molecule has 0 radical (unpaired) electrons. The second-order valence-electron chi connectivity index (χ2n) is 8.03. The SMILES string of the molecule is CC1(C)C2CC[C@@]1(C)C(=O)C(C(=O)Nc1ccc(Cl)c(C(F)(F)F)c1)C2=O. The quantitative estimate of drug-likeness (QED) is 0.742. The lowest BCUT2D eigenvalue weighted by Gasteiger charge is -2.46. The zero-order valence-corrected chi connectivity index (χ0v) is 15.8. The summed E-state index contributed by atoms with van der Waals surface area (Å²) in [7, 11) is 0. The van der Waals surface area contributed by atoms with Crippen LogP contribution in [0.1, 0.15) is 39.2 Å². The summed E-state index contributed by atoms with van der Waals surface area (Å²) in [4.78, 5) is 38.4. The van der Waals surface area contributed by atoms with E-state index >= 15 is 0 Å². The van der Waals surface area contributed by atoms with Crippen LogP contribution in [0, 0.1) is 22.7 Å². The molecule has 0 spiro atoms. The van der Waals surface area contributed by atoms with Crippen LogP contribution in [0.5, 0.6) is 0 Å². The molecule has 1 aromatic carbocycles. The highest BCUT2D eigenvalue weighted by atomic mass is 35.5. The number of benzene rings is 1. The third-order valence-electron chi connectivity index (χ3n) is 6.46. The van der Waals surface area contributed by atoms with E-state index in [1.165, 1.54) is 6.07 Å². The third-order valence-corrected chi connectivity index (χ3v) is 6.79. The van der Waals surface area contributed by atoms with Crippen LogP contribution in [0.15, 0.2) is 18.2 Å². The van der Waals surface area contributed by atoms with Gasteiger partial charge in [0.1, 0.15) is 0 Å². The number of rotatable bonds is 2. The fourth-order valence-electron chi connectivity index (χ4n) is 4.37. The monoisotopic (exact) mass is 401 g/mol. The first-order valence-corrected chi connectivity index (χ1v) is 8.94. The summed E-state index contributed by atoms with van der Waals surface area (Å²) < 4.78 is 39.0. The lowest BCUT2D eigenvalue weighted by atomic mass is 9.55. The van der Waals surface area contributed by atoms with E-state index in [-0.39, 0.29) is 5.69 Å². The van der Waals surface area contributed by atoms with E-state index in [0.29, 0.717) is 18.9 Å². The Morgan fingerprint density at radius 3 is 2.44 bits per heavy atom. The first-order valence-electron chi connectivity index (χ1n) is 8.56. The smallest absolute Gasteiger partial charge is 0.325 e. The maximum absolute atomic E-state index is 13.0. The molecule has 2 aliphatic carbocycles. The molecule has 1 amide bonds. The van der Waals surface area contributed by atoms with E-state index < -0.39 is 56.9 Å². The van der Waals surface area contributed by atoms with Crippen LogP contribution in [-0.2, 0) is 20.6 Å². The highest BCUT2D eigenvalue weighted by molar-refractivity contribution is 6.31. The fourth-order valence-corrected chi connectivity index (χ4v) is 4.60. The van der Waals surface area contributed by atoms with Gasteiger partial charge in [-0.2, -0.15) is 13.2 Å². The minimum absolute atomic E-state index is 0.167. The Kier molecular flexibility index (Phi) is 4.45. The van der Waals surface area contributed by atoms with E-state index in [2.05, 4.69) is 5.32 Å². The maximum atomic E-state index is 13.0. The highest BCUT2D eigenvalue weighted by Crippen LogP contribution is 2.61. The van der Waals surface area contributed by atoms with Gasteiger partial charge in [-0.25, -0.2) is 0 Å². The Morgan fingerprint density at radius 2 is 1.85 bits per heavy atom. The van der Waals surface area contributed by atoms with E-state index in [1.54, 1.807) is 6.92 Å². The Labute approximate surface area is 159 Å². The van der Waals surface area contributed by atoms with E-state index in [1.807, 2.05) is 13.8 Å². The number of Topliss-reactive ketones (excluding diaryl/α,β-unsaturated/α-hetero) is 2. The van der Waals surface area contributed by atoms with Crippen molar-refractivity contribution in [2.24, 2.45) is 22.7 Å². The minimum Gasteiger partial charge on any atom is -0.325 e. The number of nitrogens with one attached hydrogen (secondary N) is 1. The average molecular weight is 402 g/mol. The number of halogens is 4. The summed E-state index contributed by atoms with van der Waals surface area (Å²) in [5.41, 5.74) is -2.64. The number of hydrogen-bond donors (Lipinski definition) is 1. The van der Waals surface area contributed by atoms with Crippen LogP contribution in [0.25, 0.3) is 0 Å². The predicted octanol–water partition coefficient (Wildman–Crippen LogP) is 4.51. The molecular formula is C19H19ClF3NO3. The molecule has 2 unspecified atom stereocenters. The average Bonchev–Trinajstić information content (AvgIpc) is 2.72. The molecule has 2 aliphatic rings. The van der Waals surface area contributed by atoms with E-state index in [0.717, 1.165) is 6.07 Å². The molecule has 1 aromatic rings. The second-order valence-corrected chi connectivity index (χ2v) is 8.43. The van der Waals surface area contributed by atoms with Gasteiger partial charge in [0.15, 0.2) is 17.5 Å². The van der Waals surface area contributed by atoms with Crippen molar-refractivity contribution in [1.82, 2.24) is 0 Å². The van der Waals surface area contributed by atoms with Crippen LogP contribution in [0.3, 0.4) is 0 Å². The van der Waals surface area contributed by atoms with Crippen molar-refractivity contribution in [2.75, 3.05) is 5.32 Å². The van der Waals surface area contributed by atoms with Gasteiger partial charge in [-0.1, -0.05) is 32.4 Å². The van der Waals surface area contributed by atoms with Crippen LogP contribution in [-0.4, -0.2) is 17.5 Å². The maximum Gasteiger partial charge on any atom is 0.417 e. The molecular weight excluding hydrogens is 383 g/mol. The first-order chi connectivity index (χ1) is 12.3. The predicted molar refractivity (Wildman–Crippen MR) is 93.2 cm³/mol. The Morgan fingerprint density at radius 1 is 1.22 bits per heavy atom. The highest BCUT2D eigenvalue weighted by Gasteiger charge is 2.66. The normalized spacial score (nSPS) is 29.7. The Hall–Kier alpha value is -1.89. The summed E-state index contributed by atoms with van der Waals surface area (Å²) in [6.07, 6.45) is -3.65. The van der Waals surface area contributed by atoms with Crippen molar-refractivity contribution in [1.29, 1.82) is 0 Å². The van der Waals surface area contributed by atoms with Gasteiger partial charge in [0.2, 0.25) is 5.91 Å². The largest absolute Gasteiger partial charge is 0.417 e. The minimum atomic E-state index is -4.69.